The fourth-order valence-electron chi connectivity index (χ4n) is 1.28. The van der Waals surface area contributed by atoms with Crippen molar-refractivity contribution < 1.29 is 9.57 Å². The Morgan fingerprint density at radius 3 is 2.69 bits per heavy atom. The molecule has 2 N–H and O–H groups in total. The second kappa shape index (κ2) is 4.97. The first-order valence-corrected chi connectivity index (χ1v) is 4.22. The summed E-state index contributed by atoms with van der Waals surface area (Å²) in [4.78, 5) is 4.61. The van der Waals surface area contributed by atoms with Gasteiger partial charge in [0.2, 0.25) is 0 Å². The molecular weight excluding hydrogens is 166 g/mol. The maximum Gasteiger partial charge on any atom is 0.0933 e. The minimum Gasteiger partial charge on any atom is -0.377 e. The van der Waals surface area contributed by atoms with E-state index in [1.807, 2.05) is 31.2 Å². The van der Waals surface area contributed by atoms with Gasteiger partial charge in [0, 0.05) is 7.11 Å². The molecule has 1 aromatic carbocycles. The van der Waals surface area contributed by atoms with Crippen LogP contribution in [0.2, 0.25) is 0 Å². The van der Waals surface area contributed by atoms with Gasteiger partial charge in [-0.15, -0.1) is 0 Å². The lowest BCUT2D eigenvalue weighted by Crippen LogP contribution is -2.05. The molecule has 0 radical (unpaired) electrons. The zero-order valence-corrected chi connectivity index (χ0v) is 7.99. The molecule has 1 unspecified atom stereocenters. The summed E-state index contributed by atoms with van der Waals surface area (Å²) in [7, 11) is 1.69. The topological polar surface area (TPSA) is 44.5 Å². The van der Waals surface area contributed by atoms with E-state index in [9.17, 15) is 0 Å². The van der Waals surface area contributed by atoms with Crippen molar-refractivity contribution in [2.45, 2.75) is 19.6 Å². The Hall–Kier alpha value is -0.900. The van der Waals surface area contributed by atoms with Gasteiger partial charge in [0.25, 0.3) is 0 Å². The lowest BCUT2D eigenvalue weighted by Gasteiger charge is -2.13. The van der Waals surface area contributed by atoms with E-state index in [1.54, 1.807) is 7.11 Å². The lowest BCUT2D eigenvalue weighted by molar-refractivity contribution is 0.105. The first-order chi connectivity index (χ1) is 6.29. The highest BCUT2D eigenvalue weighted by Gasteiger charge is 2.08. The molecule has 0 saturated heterocycles. The Morgan fingerprint density at radius 2 is 2.08 bits per heavy atom. The van der Waals surface area contributed by atoms with Crippen LogP contribution in [0.5, 0.6) is 0 Å². The van der Waals surface area contributed by atoms with Crippen molar-refractivity contribution in [1.29, 1.82) is 0 Å². The van der Waals surface area contributed by atoms with Crippen LogP contribution >= 0.6 is 0 Å². The zero-order chi connectivity index (χ0) is 9.68. The third-order valence-electron chi connectivity index (χ3n) is 2.09. The Morgan fingerprint density at radius 1 is 1.38 bits per heavy atom. The monoisotopic (exact) mass is 181 g/mol. The molecule has 0 aliphatic carbocycles. The van der Waals surface area contributed by atoms with Gasteiger partial charge in [-0.25, -0.2) is 5.90 Å². The summed E-state index contributed by atoms with van der Waals surface area (Å²) in [6, 6.07) is 7.94. The third-order valence-corrected chi connectivity index (χ3v) is 2.09. The van der Waals surface area contributed by atoms with E-state index < -0.39 is 0 Å². The molecule has 1 aromatic rings. The van der Waals surface area contributed by atoms with E-state index in [0.717, 1.165) is 11.1 Å². The Bertz CT molecular complexity index is 263. The number of methoxy groups -OCH3 is 1. The van der Waals surface area contributed by atoms with Crippen LogP contribution in [-0.2, 0) is 16.2 Å². The average Bonchev–Trinajstić information content (AvgIpc) is 2.18. The molecule has 0 aliphatic rings. The van der Waals surface area contributed by atoms with Crippen molar-refractivity contribution in [3.05, 3.63) is 35.4 Å². The molecule has 0 fully saturated rings. The van der Waals surface area contributed by atoms with Crippen LogP contribution in [0.3, 0.4) is 0 Å². The summed E-state index contributed by atoms with van der Waals surface area (Å²) in [5.74, 6) is 5.03. The maximum atomic E-state index is 5.23. The molecule has 1 rings (SSSR count). The van der Waals surface area contributed by atoms with E-state index in [-0.39, 0.29) is 6.10 Å². The second-order valence-electron chi connectivity index (χ2n) is 2.89. The molecule has 0 heterocycles. The molecule has 0 saturated carbocycles. The summed E-state index contributed by atoms with van der Waals surface area (Å²) in [6.45, 7) is 2.42. The van der Waals surface area contributed by atoms with E-state index in [0.29, 0.717) is 6.61 Å². The molecular formula is C10H15NO2. The number of benzene rings is 1. The van der Waals surface area contributed by atoms with E-state index in [4.69, 9.17) is 10.6 Å². The normalized spacial score (nSPS) is 12.8. The fourth-order valence-corrected chi connectivity index (χ4v) is 1.28. The summed E-state index contributed by atoms with van der Waals surface area (Å²) >= 11 is 0. The van der Waals surface area contributed by atoms with Gasteiger partial charge >= 0.3 is 0 Å². The van der Waals surface area contributed by atoms with Gasteiger partial charge in [0.15, 0.2) is 0 Å². The lowest BCUT2D eigenvalue weighted by atomic mass is 10.0. The van der Waals surface area contributed by atoms with Crippen molar-refractivity contribution in [3.8, 4) is 0 Å². The highest BCUT2D eigenvalue weighted by molar-refractivity contribution is 5.28. The van der Waals surface area contributed by atoms with E-state index in [2.05, 4.69) is 4.84 Å². The zero-order valence-electron chi connectivity index (χ0n) is 7.99. The Balaban J connectivity index is 2.90. The summed E-state index contributed by atoms with van der Waals surface area (Å²) < 4.78 is 5.23. The van der Waals surface area contributed by atoms with Gasteiger partial charge in [-0.1, -0.05) is 24.3 Å². The molecule has 0 aromatic heterocycles. The largest absolute Gasteiger partial charge is 0.377 e. The quantitative estimate of drug-likeness (QED) is 0.720. The number of nitrogens with two attached hydrogens (primary N) is 1. The predicted molar refractivity (Wildman–Crippen MR) is 50.8 cm³/mol. The average molecular weight is 181 g/mol. The van der Waals surface area contributed by atoms with Crippen molar-refractivity contribution >= 4 is 0 Å². The maximum absolute atomic E-state index is 5.23. The predicted octanol–water partition coefficient (Wildman–Crippen LogP) is 1.78. The van der Waals surface area contributed by atoms with Crippen LogP contribution in [0.4, 0.5) is 0 Å². The van der Waals surface area contributed by atoms with E-state index in [1.165, 1.54) is 0 Å². The van der Waals surface area contributed by atoms with Gasteiger partial charge < -0.3 is 4.74 Å². The van der Waals surface area contributed by atoms with Gasteiger partial charge in [0.1, 0.15) is 0 Å². The van der Waals surface area contributed by atoms with Crippen molar-refractivity contribution in [1.82, 2.24) is 0 Å². The van der Waals surface area contributed by atoms with Crippen LogP contribution in [0.1, 0.15) is 24.2 Å². The number of ether oxygens (including phenoxy) is 1. The van der Waals surface area contributed by atoms with Gasteiger partial charge in [-0.2, -0.15) is 0 Å². The van der Waals surface area contributed by atoms with Crippen LogP contribution < -0.4 is 5.90 Å². The Kier molecular flexibility index (Phi) is 3.89. The first-order valence-electron chi connectivity index (χ1n) is 4.22. The SMILES string of the molecule is COC(C)c1ccccc1CON. The van der Waals surface area contributed by atoms with Crippen LogP contribution in [0.25, 0.3) is 0 Å². The molecule has 3 nitrogen and oxygen atoms in total. The fraction of sp³-hybridized carbons (Fsp3) is 0.400. The summed E-state index contributed by atoms with van der Waals surface area (Å²) in [5.41, 5.74) is 2.19. The van der Waals surface area contributed by atoms with Crippen molar-refractivity contribution in [3.63, 3.8) is 0 Å². The highest BCUT2D eigenvalue weighted by Crippen LogP contribution is 2.20. The molecule has 0 aliphatic heterocycles. The first kappa shape index (κ1) is 10.2. The molecule has 1 atom stereocenters. The minimum atomic E-state index is 0.0753. The number of hydrogen-bond acceptors (Lipinski definition) is 3. The summed E-state index contributed by atoms with van der Waals surface area (Å²) in [5, 5.41) is 0. The highest BCUT2D eigenvalue weighted by atomic mass is 16.6. The molecule has 0 bridgehead atoms. The van der Waals surface area contributed by atoms with Crippen LogP contribution in [-0.4, -0.2) is 7.11 Å². The molecule has 0 spiro atoms. The number of hydrogen-bond donors (Lipinski definition) is 1. The molecule has 3 heteroatoms. The molecule has 72 valence electrons. The molecule has 0 amide bonds. The third kappa shape index (κ3) is 2.52. The van der Waals surface area contributed by atoms with Gasteiger partial charge in [-0.3, -0.25) is 4.84 Å². The molecule has 13 heavy (non-hydrogen) atoms. The second-order valence-corrected chi connectivity index (χ2v) is 2.89. The summed E-state index contributed by atoms with van der Waals surface area (Å²) in [6.07, 6.45) is 0.0753. The minimum absolute atomic E-state index is 0.0753. The van der Waals surface area contributed by atoms with Crippen molar-refractivity contribution in [2.75, 3.05) is 7.11 Å². The van der Waals surface area contributed by atoms with Gasteiger partial charge in [-0.05, 0) is 18.1 Å². The smallest absolute Gasteiger partial charge is 0.0933 e. The van der Waals surface area contributed by atoms with Crippen LogP contribution in [0.15, 0.2) is 24.3 Å². The van der Waals surface area contributed by atoms with Crippen molar-refractivity contribution in [2.24, 2.45) is 5.90 Å². The van der Waals surface area contributed by atoms with E-state index >= 15 is 0 Å². The van der Waals surface area contributed by atoms with Crippen LogP contribution in [0, 0.1) is 0 Å². The number of rotatable bonds is 4. The Labute approximate surface area is 78.4 Å². The van der Waals surface area contributed by atoms with Gasteiger partial charge in [0.05, 0.1) is 12.7 Å². The standard InChI is InChI=1S/C10H15NO2/c1-8(12-2)10-6-4-3-5-9(10)7-13-11/h3-6,8H,7,11H2,1-2H3.